The molecule has 156 valence electrons. The molecule has 0 radical (unpaired) electrons. The molecule has 0 spiro atoms. The number of anilines is 1. The lowest BCUT2D eigenvalue weighted by molar-refractivity contribution is -0.113. The number of hydrogen-bond acceptors (Lipinski definition) is 7. The monoisotopic (exact) mass is 446 g/mol. The van der Waals surface area contributed by atoms with E-state index in [4.69, 9.17) is 16.3 Å². The van der Waals surface area contributed by atoms with Gasteiger partial charge in [-0.3, -0.25) is 4.79 Å². The largest absolute Gasteiger partial charge is 0.497 e. The highest BCUT2D eigenvalue weighted by Crippen LogP contribution is 2.26. The smallest absolute Gasteiger partial charge is 0.337 e. The molecule has 1 amide bonds. The Kier molecular flexibility index (Phi) is 6.96. The Labute approximate surface area is 182 Å². The van der Waals surface area contributed by atoms with Crippen LogP contribution in [0.5, 0.6) is 5.75 Å². The zero-order valence-electron chi connectivity index (χ0n) is 16.5. The van der Waals surface area contributed by atoms with Gasteiger partial charge in [-0.15, -0.1) is 10.2 Å². The lowest BCUT2D eigenvalue weighted by Crippen LogP contribution is -2.15. The van der Waals surface area contributed by atoms with Gasteiger partial charge in [-0.05, 0) is 42.5 Å². The number of nitrogens with zero attached hydrogens (tertiary/aromatic N) is 3. The third-order valence-electron chi connectivity index (χ3n) is 4.18. The summed E-state index contributed by atoms with van der Waals surface area (Å²) in [5.74, 6) is 0.712. The average Bonchev–Trinajstić information content (AvgIpc) is 3.13. The van der Waals surface area contributed by atoms with E-state index in [1.165, 1.54) is 37.1 Å². The normalized spacial score (nSPS) is 10.5. The molecule has 3 aromatic rings. The van der Waals surface area contributed by atoms with Crippen LogP contribution in [0.25, 0.3) is 11.4 Å². The molecular formula is C20H19ClN4O4S. The summed E-state index contributed by atoms with van der Waals surface area (Å²) in [6, 6.07) is 12.0. The molecule has 1 N–H and O–H groups in total. The van der Waals surface area contributed by atoms with Gasteiger partial charge in [0.25, 0.3) is 0 Å². The summed E-state index contributed by atoms with van der Waals surface area (Å²) in [6.45, 7) is 0. The van der Waals surface area contributed by atoms with Crippen molar-refractivity contribution in [2.45, 2.75) is 5.16 Å². The summed E-state index contributed by atoms with van der Waals surface area (Å²) in [7, 11) is 4.72. The number of benzene rings is 2. The second kappa shape index (κ2) is 9.64. The Balaban J connectivity index is 1.65. The van der Waals surface area contributed by atoms with Crippen molar-refractivity contribution in [2.24, 2.45) is 7.05 Å². The fourth-order valence-corrected chi connectivity index (χ4v) is 3.49. The first-order chi connectivity index (χ1) is 14.4. The quantitative estimate of drug-likeness (QED) is 0.437. The summed E-state index contributed by atoms with van der Waals surface area (Å²) in [6.07, 6.45) is 0. The minimum Gasteiger partial charge on any atom is -0.497 e. The third-order valence-corrected chi connectivity index (χ3v) is 5.53. The van der Waals surface area contributed by atoms with Crippen LogP contribution in [0.2, 0.25) is 5.02 Å². The van der Waals surface area contributed by atoms with Gasteiger partial charge in [0, 0.05) is 12.6 Å². The van der Waals surface area contributed by atoms with Gasteiger partial charge >= 0.3 is 5.97 Å². The second-order valence-electron chi connectivity index (χ2n) is 6.12. The van der Waals surface area contributed by atoms with Crippen molar-refractivity contribution in [3.05, 3.63) is 53.1 Å². The van der Waals surface area contributed by atoms with Gasteiger partial charge in [0.05, 0.1) is 36.2 Å². The number of ether oxygens (including phenoxy) is 2. The lowest BCUT2D eigenvalue weighted by atomic mass is 10.2. The number of aromatic nitrogens is 3. The molecule has 0 atom stereocenters. The van der Waals surface area contributed by atoms with Crippen LogP contribution in [-0.2, 0) is 16.6 Å². The van der Waals surface area contributed by atoms with Crippen molar-refractivity contribution in [3.63, 3.8) is 0 Å². The minimum absolute atomic E-state index is 0.0906. The fraction of sp³-hybridized carbons (Fsp3) is 0.200. The van der Waals surface area contributed by atoms with Crippen molar-refractivity contribution < 1.29 is 19.1 Å². The maximum Gasteiger partial charge on any atom is 0.337 e. The highest BCUT2D eigenvalue weighted by Gasteiger charge is 2.15. The molecule has 0 unspecified atom stereocenters. The maximum atomic E-state index is 12.4. The molecule has 0 fully saturated rings. The first-order valence-electron chi connectivity index (χ1n) is 8.77. The molecule has 0 bridgehead atoms. The molecule has 2 aromatic carbocycles. The average molecular weight is 447 g/mol. The first-order valence-corrected chi connectivity index (χ1v) is 10.1. The molecule has 3 rings (SSSR count). The van der Waals surface area contributed by atoms with Crippen LogP contribution in [0.3, 0.4) is 0 Å². The maximum absolute atomic E-state index is 12.4. The fourth-order valence-electron chi connectivity index (χ4n) is 2.61. The Bertz CT molecular complexity index is 1070. The summed E-state index contributed by atoms with van der Waals surface area (Å²) in [4.78, 5) is 24.0. The van der Waals surface area contributed by atoms with Crippen LogP contribution in [0.1, 0.15) is 10.4 Å². The molecule has 0 aliphatic carbocycles. The zero-order valence-corrected chi connectivity index (χ0v) is 18.1. The van der Waals surface area contributed by atoms with E-state index in [9.17, 15) is 9.59 Å². The highest BCUT2D eigenvalue weighted by atomic mass is 35.5. The third kappa shape index (κ3) is 4.92. The summed E-state index contributed by atoms with van der Waals surface area (Å²) in [5, 5.41) is 12.0. The summed E-state index contributed by atoms with van der Waals surface area (Å²) in [5.41, 5.74) is 1.51. The molecule has 10 heteroatoms. The number of halogens is 1. The number of hydrogen-bond donors (Lipinski definition) is 1. The minimum atomic E-state index is -0.512. The van der Waals surface area contributed by atoms with E-state index in [0.717, 1.165) is 11.3 Å². The van der Waals surface area contributed by atoms with Gasteiger partial charge in [-0.25, -0.2) is 4.79 Å². The highest BCUT2D eigenvalue weighted by molar-refractivity contribution is 7.99. The molecule has 0 saturated carbocycles. The predicted octanol–water partition coefficient (Wildman–Crippen LogP) is 3.66. The molecule has 8 nitrogen and oxygen atoms in total. The van der Waals surface area contributed by atoms with E-state index in [-0.39, 0.29) is 11.7 Å². The number of thioether (sulfide) groups is 1. The van der Waals surface area contributed by atoms with Gasteiger partial charge in [0.2, 0.25) is 5.91 Å². The molecule has 0 saturated heterocycles. The Hall–Kier alpha value is -3.04. The van der Waals surface area contributed by atoms with E-state index in [2.05, 4.69) is 20.3 Å². The van der Waals surface area contributed by atoms with Gasteiger partial charge in [0.15, 0.2) is 11.0 Å². The number of methoxy groups -OCH3 is 2. The number of rotatable bonds is 7. The SMILES string of the molecule is COC(=O)c1ccc(Cl)c(NC(=O)CSc2nnc(-c3ccc(OC)cc3)n2C)c1. The standard InChI is InChI=1S/C20H19ClN4O4S/c1-25-18(12-4-7-14(28-2)8-5-12)23-24-20(25)30-11-17(26)22-16-10-13(19(27)29-3)6-9-15(16)21/h4-10H,11H2,1-3H3,(H,22,26). The second-order valence-corrected chi connectivity index (χ2v) is 7.47. The molecule has 1 aromatic heterocycles. The Morgan fingerprint density at radius 1 is 1.13 bits per heavy atom. The van der Waals surface area contributed by atoms with Crippen LogP contribution in [0.15, 0.2) is 47.6 Å². The van der Waals surface area contributed by atoms with Gasteiger partial charge in [-0.1, -0.05) is 23.4 Å². The molecule has 0 aliphatic heterocycles. The van der Waals surface area contributed by atoms with Crippen LogP contribution in [0, 0.1) is 0 Å². The number of carbonyl (C=O) groups excluding carboxylic acids is 2. The van der Waals surface area contributed by atoms with Crippen molar-refractivity contribution in [2.75, 3.05) is 25.3 Å². The van der Waals surface area contributed by atoms with Gasteiger partial charge in [0.1, 0.15) is 5.75 Å². The van der Waals surface area contributed by atoms with E-state index in [1.807, 2.05) is 35.9 Å². The first kappa shape index (κ1) is 21.7. The van der Waals surface area contributed by atoms with Crippen molar-refractivity contribution in [1.82, 2.24) is 14.8 Å². The van der Waals surface area contributed by atoms with Crippen LogP contribution in [-0.4, -0.2) is 46.6 Å². The molecule has 1 heterocycles. The molecule has 0 aliphatic rings. The zero-order chi connectivity index (χ0) is 21.7. The van der Waals surface area contributed by atoms with Crippen molar-refractivity contribution in [3.8, 4) is 17.1 Å². The topological polar surface area (TPSA) is 95.3 Å². The van der Waals surface area contributed by atoms with E-state index < -0.39 is 5.97 Å². The molecule has 30 heavy (non-hydrogen) atoms. The number of carbonyl (C=O) groups is 2. The van der Waals surface area contributed by atoms with Crippen LogP contribution >= 0.6 is 23.4 Å². The number of amides is 1. The summed E-state index contributed by atoms with van der Waals surface area (Å²) < 4.78 is 11.7. The van der Waals surface area contributed by atoms with Crippen molar-refractivity contribution in [1.29, 1.82) is 0 Å². The number of nitrogens with one attached hydrogen (secondary N) is 1. The van der Waals surface area contributed by atoms with Gasteiger partial charge < -0.3 is 19.4 Å². The molecular weight excluding hydrogens is 428 g/mol. The Morgan fingerprint density at radius 2 is 1.87 bits per heavy atom. The Morgan fingerprint density at radius 3 is 2.53 bits per heavy atom. The van der Waals surface area contributed by atoms with Crippen molar-refractivity contribution >= 4 is 40.9 Å². The van der Waals surface area contributed by atoms with Gasteiger partial charge in [-0.2, -0.15) is 0 Å². The number of esters is 1. The van der Waals surface area contributed by atoms with Crippen LogP contribution in [0.4, 0.5) is 5.69 Å². The predicted molar refractivity (Wildman–Crippen MR) is 115 cm³/mol. The van der Waals surface area contributed by atoms with E-state index >= 15 is 0 Å². The van der Waals surface area contributed by atoms with E-state index in [1.54, 1.807) is 7.11 Å². The lowest BCUT2D eigenvalue weighted by Gasteiger charge is -2.09. The summed E-state index contributed by atoms with van der Waals surface area (Å²) >= 11 is 7.35. The van der Waals surface area contributed by atoms with Crippen LogP contribution < -0.4 is 10.1 Å². The van der Waals surface area contributed by atoms with E-state index in [0.29, 0.717) is 27.3 Å².